The molecule has 4 aliphatic carbocycles. The van der Waals surface area contributed by atoms with E-state index >= 15 is 0 Å². The summed E-state index contributed by atoms with van der Waals surface area (Å²) >= 11 is 7.40. The summed E-state index contributed by atoms with van der Waals surface area (Å²) < 4.78 is 28.1. The first-order valence-corrected chi connectivity index (χ1v) is 11.6. The number of carbonyl (C=O) groups is 3. The van der Waals surface area contributed by atoms with Gasteiger partial charge < -0.3 is 14.9 Å². The molecule has 6 nitrogen and oxygen atoms in total. The average molecular weight is 468 g/mol. The fourth-order valence-corrected chi connectivity index (χ4v) is 8.25. The second-order valence-corrected chi connectivity index (χ2v) is 11.0. The number of allylic oxidation sites excluding steroid dienone is 4. The smallest absolute Gasteiger partial charge is 0.306 e. The van der Waals surface area contributed by atoms with Crippen molar-refractivity contribution in [2.75, 3.05) is 6.61 Å². The fourth-order valence-electron chi connectivity index (χ4n) is 7.73. The van der Waals surface area contributed by atoms with Crippen molar-refractivity contribution in [1.82, 2.24) is 0 Å². The number of halogens is 1. The number of fused-ring (bicyclic) bond motifs is 5. The number of hydrogen-bond acceptors (Lipinski definition) is 6. The number of ether oxygens (including phenoxy) is 1. The predicted molar refractivity (Wildman–Crippen MR) is 119 cm³/mol. The SMILES string of the molecule is [2H]C([2H])([2H])CC(=O)O[C@]1(C(=O)CO)[C@@H](C)C[C@H]2C3CCC4=CC(=O)C=C[C@]4(C)[C@@]3(Cl)[C@@H](O)C[C@@]21C. The summed E-state index contributed by atoms with van der Waals surface area (Å²) in [6.07, 6.45) is 4.49. The number of ketones is 2. The Balaban J connectivity index is 1.81. The van der Waals surface area contributed by atoms with Gasteiger partial charge in [0.05, 0.1) is 11.0 Å². The predicted octanol–water partition coefficient (Wildman–Crippen LogP) is 3.13. The topological polar surface area (TPSA) is 101 Å². The first-order valence-electron chi connectivity index (χ1n) is 12.7. The molecule has 32 heavy (non-hydrogen) atoms. The van der Waals surface area contributed by atoms with Gasteiger partial charge >= 0.3 is 5.97 Å². The van der Waals surface area contributed by atoms with Crippen LogP contribution in [0.15, 0.2) is 23.8 Å². The number of alkyl halides is 1. The van der Waals surface area contributed by atoms with E-state index < -0.39 is 65.0 Å². The summed E-state index contributed by atoms with van der Waals surface area (Å²) in [5.41, 5.74) is -2.78. The highest BCUT2D eigenvalue weighted by molar-refractivity contribution is 6.26. The zero-order chi connectivity index (χ0) is 26.2. The standard InChI is InChI=1S/C25H33ClO6/c1-5-21(31)32-25(20(30)13-27)14(2)10-18-17-7-6-15-11-16(28)8-9-22(15,3)24(17,26)19(29)12-23(18,25)4/h8-9,11,14,17-19,27,29H,5-7,10,12-13H2,1-4H3/t14-,17?,18-,19-,22-,23-,24-,25-/m0/s1/i1D3. The highest BCUT2D eigenvalue weighted by Gasteiger charge is 2.76. The molecule has 0 aromatic carbocycles. The first-order chi connectivity index (χ1) is 16.1. The Labute approximate surface area is 198 Å². The zero-order valence-corrected chi connectivity index (χ0v) is 19.4. The van der Waals surface area contributed by atoms with E-state index in [4.69, 9.17) is 20.5 Å². The fraction of sp³-hybridized carbons (Fsp3) is 0.720. The second-order valence-electron chi connectivity index (χ2n) is 10.4. The third-order valence-corrected chi connectivity index (χ3v) is 10.1. The number of rotatable bonds is 4. The molecule has 0 aliphatic heterocycles. The minimum absolute atomic E-state index is 0.0133. The number of carbonyl (C=O) groups excluding carboxylic acids is 3. The molecule has 3 saturated carbocycles. The van der Waals surface area contributed by atoms with Crippen molar-refractivity contribution in [3.8, 4) is 0 Å². The summed E-state index contributed by atoms with van der Waals surface area (Å²) in [5.74, 6) is -2.91. The molecule has 1 unspecified atom stereocenters. The summed E-state index contributed by atoms with van der Waals surface area (Å²) in [6, 6.07) is 0. The first kappa shape index (κ1) is 19.9. The van der Waals surface area contributed by atoms with Crippen LogP contribution in [0.3, 0.4) is 0 Å². The number of aliphatic hydroxyl groups excluding tert-OH is 2. The summed E-state index contributed by atoms with van der Waals surface area (Å²) in [5, 5.41) is 21.6. The summed E-state index contributed by atoms with van der Waals surface area (Å²) in [7, 11) is 0. The lowest BCUT2D eigenvalue weighted by Crippen LogP contribution is -2.69. The van der Waals surface area contributed by atoms with Gasteiger partial charge in [-0.1, -0.05) is 39.3 Å². The maximum Gasteiger partial charge on any atom is 0.306 e. The van der Waals surface area contributed by atoms with E-state index in [9.17, 15) is 24.6 Å². The van der Waals surface area contributed by atoms with Gasteiger partial charge in [-0.3, -0.25) is 14.4 Å². The van der Waals surface area contributed by atoms with E-state index in [-0.39, 0.29) is 24.0 Å². The Bertz CT molecular complexity index is 1020. The molecule has 8 atom stereocenters. The van der Waals surface area contributed by atoms with Gasteiger partial charge in [0.15, 0.2) is 11.4 Å². The molecule has 7 heteroatoms. The maximum absolute atomic E-state index is 13.3. The highest BCUT2D eigenvalue weighted by atomic mass is 35.5. The number of aliphatic hydroxyl groups is 2. The van der Waals surface area contributed by atoms with Crippen molar-refractivity contribution < 1.29 is 33.4 Å². The van der Waals surface area contributed by atoms with Crippen LogP contribution in [0.25, 0.3) is 0 Å². The highest BCUT2D eigenvalue weighted by Crippen LogP contribution is 2.72. The van der Waals surface area contributed by atoms with Crippen molar-refractivity contribution in [1.29, 1.82) is 0 Å². The van der Waals surface area contributed by atoms with Crippen LogP contribution in [0.5, 0.6) is 0 Å². The van der Waals surface area contributed by atoms with E-state index in [2.05, 4.69) is 0 Å². The Hall–Kier alpha value is -1.50. The number of hydrogen-bond donors (Lipinski definition) is 2. The van der Waals surface area contributed by atoms with Gasteiger partial charge in [0, 0.05) is 27.3 Å². The lowest BCUT2D eigenvalue weighted by molar-refractivity contribution is -0.202. The van der Waals surface area contributed by atoms with Gasteiger partial charge in [-0.05, 0) is 49.7 Å². The molecular formula is C25H33ClO6. The third-order valence-electron chi connectivity index (χ3n) is 9.16. The van der Waals surface area contributed by atoms with Crippen molar-refractivity contribution in [3.63, 3.8) is 0 Å². The van der Waals surface area contributed by atoms with Crippen molar-refractivity contribution in [3.05, 3.63) is 23.8 Å². The molecule has 2 N–H and O–H groups in total. The zero-order valence-electron chi connectivity index (χ0n) is 21.7. The molecular weight excluding hydrogens is 432 g/mol. The normalized spacial score (nSPS) is 49.0. The van der Waals surface area contributed by atoms with E-state index in [0.29, 0.717) is 19.3 Å². The van der Waals surface area contributed by atoms with E-state index in [0.717, 1.165) is 5.57 Å². The van der Waals surface area contributed by atoms with Crippen LogP contribution in [0, 0.1) is 28.6 Å². The van der Waals surface area contributed by atoms with Crippen LogP contribution >= 0.6 is 11.6 Å². The van der Waals surface area contributed by atoms with Gasteiger partial charge in [-0.2, -0.15) is 0 Å². The van der Waals surface area contributed by atoms with Gasteiger partial charge in [0.2, 0.25) is 5.78 Å². The molecule has 0 radical (unpaired) electrons. The Morgan fingerprint density at radius 3 is 2.72 bits per heavy atom. The minimum atomic E-state index is -2.58. The monoisotopic (exact) mass is 467 g/mol. The Kier molecular flexibility index (Phi) is 4.67. The van der Waals surface area contributed by atoms with Crippen LogP contribution in [0.4, 0.5) is 0 Å². The maximum atomic E-state index is 13.3. The van der Waals surface area contributed by atoms with E-state index in [1.165, 1.54) is 6.08 Å². The Morgan fingerprint density at radius 2 is 2.06 bits per heavy atom. The van der Waals surface area contributed by atoms with Gasteiger partial charge in [-0.15, -0.1) is 11.6 Å². The van der Waals surface area contributed by atoms with Crippen molar-refractivity contribution in [2.45, 2.75) is 76.3 Å². The lowest BCUT2D eigenvalue weighted by atomic mass is 9.45. The van der Waals surface area contributed by atoms with Gasteiger partial charge in [0.25, 0.3) is 0 Å². The van der Waals surface area contributed by atoms with Crippen molar-refractivity contribution >= 4 is 29.1 Å². The van der Waals surface area contributed by atoms with Gasteiger partial charge in [0.1, 0.15) is 6.61 Å². The minimum Gasteiger partial charge on any atom is -0.450 e. The van der Waals surface area contributed by atoms with Crippen LogP contribution in [-0.4, -0.2) is 50.9 Å². The van der Waals surface area contributed by atoms with Gasteiger partial charge in [-0.25, -0.2) is 0 Å². The molecule has 176 valence electrons. The molecule has 0 aromatic heterocycles. The summed E-state index contributed by atoms with van der Waals surface area (Å²) in [4.78, 5) is 37.0. The van der Waals surface area contributed by atoms with E-state index in [1.54, 1.807) is 26.0 Å². The molecule has 0 bridgehead atoms. The quantitative estimate of drug-likeness (QED) is 0.486. The van der Waals surface area contributed by atoms with Crippen LogP contribution in [0.2, 0.25) is 0 Å². The van der Waals surface area contributed by atoms with Crippen LogP contribution < -0.4 is 0 Å². The largest absolute Gasteiger partial charge is 0.450 e. The molecule has 3 fully saturated rings. The van der Waals surface area contributed by atoms with Crippen LogP contribution in [-0.2, 0) is 19.1 Å². The molecule has 0 aromatic rings. The molecule has 4 rings (SSSR count). The molecule has 4 aliphatic rings. The van der Waals surface area contributed by atoms with Crippen molar-refractivity contribution in [2.24, 2.45) is 28.6 Å². The molecule has 0 spiro atoms. The second kappa shape index (κ2) is 7.51. The number of esters is 1. The number of Topliss-reactive ketones (excluding diaryl/α,β-unsaturated/α-hetero) is 1. The molecule has 0 amide bonds. The molecule has 0 saturated heterocycles. The van der Waals surface area contributed by atoms with E-state index in [1.807, 2.05) is 6.92 Å². The molecule has 0 heterocycles. The summed E-state index contributed by atoms with van der Waals surface area (Å²) in [6.45, 7) is 2.01. The lowest BCUT2D eigenvalue weighted by Gasteiger charge is -2.64. The Morgan fingerprint density at radius 1 is 1.34 bits per heavy atom. The average Bonchev–Trinajstić information content (AvgIpc) is 2.95. The third kappa shape index (κ3) is 2.69. The van der Waals surface area contributed by atoms with Crippen LogP contribution in [0.1, 0.15) is 63.8 Å².